The molecule has 1 aromatic carbocycles. The predicted molar refractivity (Wildman–Crippen MR) is 112 cm³/mol. The number of hydrogen-bond acceptors (Lipinski definition) is 7. The average Bonchev–Trinajstić information content (AvgIpc) is 3.36. The third-order valence-electron chi connectivity index (χ3n) is 5.02. The molecular formula is C20H22N4O4S2. The van der Waals surface area contributed by atoms with Gasteiger partial charge in [-0.2, -0.15) is 9.29 Å². The number of hydrogen-bond donors (Lipinski definition) is 1. The number of aromatic nitrogens is 2. The molecule has 1 aliphatic heterocycles. The summed E-state index contributed by atoms with van der Waals surface area (Å²) in [6.45, 7) is 5.95. The molecule has 1 N–H and O–H groups in total. The van der Waals surface area contributed by atoms with Crippen molar-refractivity contribution in [1.29, 1.82) is 0 Å². The number of benzene rings is 1. The molecule has 0 radical (unpaired) electrons. The second-order valence-electron chi connectivity index (χ2n) is 7.70. The van der Waals surface area contributed by atoms with Gasteiger partial charge in [-0.05, 0) is 55.5 Å². The summed E-state index contributed by atoms with van der Waals surface area (Å²) in [5, 5.41) is 8.69. The molecule has 158 valence electrons. The Kier molecular flexibility index (Phi) is 5.25. The zero-order valence-corrected chi connectivity index (χ0v) is 18.5. The van der Waals surface area contributed by atoms with Crippen LogP contribution in [0.15, 0.2) is 45.1 Å². The predicted octanol–water partition coefficient (Wildman–Crippen LogP) is 2.85. The van der Waals surface area contributed by atoms with Gasteiger partial charge in [-0.25, -0.2) is 8.42 Å². The van der Waals surface area contributed by atoms with Gasteiger partial charge >= 0.3 is 0 Å². The van der Waals surface area contributed by atoms with Crippen molar-refractivity contribution in [1.82, 2.24) is 19.8 Å². The molecule has 0 saturated heterocycles. The Hall–Kier alpha value is -2.56. The van der Waals surface area contributed by atoms with Gasteiger partial charge in [0.1, 0.15) is 0 Å². The summed E-state index contributed by atoms with van der Waals surface area (Å²) in [6.07, 6.45) is 0.699. The Bertz CT molecular complexity index is 1200. The summed E-state index contributed by atoms with van der Waals surface area (Å²) in [4.78, 5) is 18.3. The fourth-order valence-electron chi connectivity index (χ4n) is 3.34. The summed E-state index contributed by atoms with van der Waals surface area (Å²) in [5.74, 6) is 0.325. The number of sulfonamides is 1. The van der Waals surface area contributed by atoms with Gasteiger partial charge in [0, 0.05) is 30.5 Å². The highest BCUT2D eigenvalue weighted by atomic mass is 32.2. The summed E-state index contributed by atoms with van der Waals surface area (Å²) in [7, 11) is -3.71. The van der Waals surface area contributed by atoms with Crippen LogP contribution in [0.5, 0.6) is 0 Å². The van der Waals surface area contributed by atoms with Crippen LogP contribution in [0.4, 0.5) is 0 Å². The number of thiophene rings is 1. The smallest absolute Gasteiger partial charge is 0.252 e. The molecule has 1 aliphatic rings. The first-order valence-electron chi connectivity index (χ1n) is 9.45. The highest BCUT2D eigenvalue weighted by Crippen LogP contribution is 2.28. The first-order valence-corrected chi connectivity index (χ1v) is 11.8. The SMILES string of the molecule is Cc1nc(C(C)(C)NC(=O)c2cccc(S(=O)(=O)N3CCc4sccc4C3)c2)no1. The van der Waals surface area contributed by atoms with Crippen LogP contribution in [0.1, 0.15) is 46.4 Å². The lowest BCUT2D eigenvalue weighted by atomic mass is 10.0. The second kappa shape index (κ2) is 7.60. The van der Waals surface area contributed by atoms with Gasteiger partial charge < -0.3 is 9.84 Å². The van der Waals surface area contributed by atoms with Crippen LogP contribution in [0.3, 0.4) is 0 Å². The highest BCUT2D eigenvalue weighted by molar-refractivity contribution is 7.89. The minimum absolute atomic E-state index is 0.0991. The Morgan fingerprint density at radius 1 is 1.30 bits per heavy atom. The monoisotopic (exact) mass is 446 g/mol. The van der Waals surface area contributed by atoms with Crippen molar-refractivity contribution in [2.45, 2.75) is 44.2 Å². The zero-order valence-electron chi connectivity index (χ0n) is 16.9. The summed E-state index contributed by atoms with van der Waals surface area (Å²) in [5.41, 5.74) is 0.407. The Morgan fingerprint density at radius 2 is 2.10 bits per heavy atom. The number of rotatable bonds is 5. The van der Waals surface area contributed by atoms with Crippen molar-refractivity contribution in [2.24, 2.45) is 0 Å². The largest absolute Gasteiger partial charge is 0.340 e. The van der Waals surface area contributed by atoms with Gasteiger partial charge in [0.15, 0.2) is 5.82 Å². The van der Waals surface area contributed by atoms with E-state index in [1.54, 1.807) is 44.2 Å². The van der Waals surface area contributed by atoms with E-state index in [0.717, 1.165) is 5.56 Å². The molecule has 0 spiro atoms. The Labute approximate surface area is 179 Å². The normalized spacial score (nSPS) is 15.0. The maximum absolute atomic E-state index is 13.2. The van der Waals surface area contributed by atoms with Crippen LogP contribution < -0.4 is 5.32 Å². The minimum Gasteiger partial charge on any atom is -0.340 e. The number of carbonyl (C=O) groups is 1. The maximum atomic E-state index is 13.2. The maximum Gasteiger partial charge on any atom is 0.252 e. The van der Waals surface area contributed by atoms with Crippen molar-refractivity contribution in [2.75, 3.05) is 6.54 Å². The van der Waals surface area contributed by atoms with Crippen LogP contribution in [-0.2, 0) is 28.5 Å². The van der Waals surface area contributed by atoms with Gasteiger partial charge in [0.05, 0.1) is 10.4 Å². The first kappa shape index (κ1) is 20.7. The van der Waals surface area contributed by atoms with Gasteiger partial charge in [0.25, 0.3) is 5.91 Å². The third kappa shape index (κ3) is 3.90. The molecule has 0 unspecified atom stereocenters. The molecule has 2 aromatic heterocycles. The minimum atomic E-state index is -3.71. The van der Waals surface area contributed by atoms with Crippen LogP contribution >= 0.6 is 11.3 Å². The Balaban J connectivity index is 1.55. The number of nitrogens with one attached hydrogen (secondary N) is 1. The molecule has 4 rings (SSSR count). The van der Waals surface area contributed by atoms with Crippen molar-refractivity contribution in [3.05, 3.63) is 63.4 Å². The number of fused-ring (bicyclic) bond motifs is 1. The number of nitrogens with zero attached hydrogens (tertiary/aromatic N) is 3. The van der Waals surface area contributed by atoms with E-state index in [1.165, 1.54) is 21.3 Å². The average molecular weight is 447 g/mol. The van der Waals surface area contributed by atoms with E-state index in [9.17, 15) is 13.2 Å². The molecule has 0 fully saturated rings. The molecule has 0 saturated carbocycles. The van der Waals surface area contributed by atoms with Crippen LogP contribution in [0.2, 0.25) is 0 Å². The molecule has 0 aliphatic carbocycles. The van der Waals surface area contributed by atoms with E-state index in [0.29, 0.717) is 31.2 Å². The third-order valence-corrected chi connectivity index (χ3v) is 7.88. The summed E-state index contributed by atoms with van der Waals surface area (Å²) < 4.78 is 32.8. The fourth-order valence-corrected chi connectivity index (χ4v) is 5.69. The fraction of sp³-hybridized carbons (Fsp3) is 0.350. The van der Waals surface area contributed by atoms with Crippen LogP contribution in [0.25, 0.3) is 0 Å². The molecule has 8 nitrogen and oxygen atoms in total. The van der Waals surface area contributed by atoms with E-state index in [1.807, 2.05) is 11.4 Å². The molecule has 0 bridgehead atoms. The molecule has 10 heteroatoms. The van der Waals surface area contributed by atoms with Crippen molar-refractivity contribution >= 4 is 27.3 Å². The number of carbonyl (C=O) groups excluding carboxylic acids is 1. The van der Waals surface area contributed by atoms with Crippen LogP contribution in [0, 0.1) is 6.92 Å². The van der Waals surface area contributed by atoms with Gasteiger partial charge in [-0.1, -0.05) is 11.2 Å². The molecule has 3 aromatic rings. The van der Waals surface area contributed by atoms with Crippen molar-refractivity contribution in [3.63, 3.8) is 0 Å². The quantitative estimate of drug-likeness (QED) is 0.646. The van der Waals surface area contributed by atoms with Crippen molar-refractivity contribution < 1.29 is 17.7 Å². The van der Waals surface area contributed by atoms with E-state index in [4.69, 9.17) is 4.52 Å². The number of aryl methyl sites for hydroxylation is 1. The van der Waals surface area contributed by atoms with E-state index in [-0.39, 0.29) is 10.5 Å². The lowest BCUT2D eigenvalue weighted by molar-refractivity contribution is 0.0907. The van der Waals surface area contributed by atoms with Crippen molar-refractivity contribution in [3.8, 4) is 0 Å². The van der Waals surface area contributed by atoms with Gasteiger partial charge in [-0.15, -0.1) is 11.3 Å². The Morgan fingerprint density at radius 3 is 2.83 bits per heavy atom. The second-order valence-corrected chi connectivity index (χ2v) is 10.6. The molecule has 1 amide bonds. The first-order chi connectivity index (χ1) is 14.2. The zero-order chi connectivity index (χ0) is 21.5. The standard InChI is InChI=1S/C20H22N4O4S2/c1-13-21-19(23-28-13)20(2,3)22-18(25)14-5-4-6-16(11-14)30(26,27)24-9-7-17-15(12-24)8-10-29-17/h4-6,8,10-11H,7,9,12H2,1-3H3,(H,22,25). The molecular weight excluding hydrogens is 424 g/mol. The van der Waals surface area contributed by atoms with Gasteiger partial charge in [-0.3, -0.25) is 4.79 Å². The summed E-state index contributed by atoms with van der Waals surface area (Å²) in [6, 6.07) is 8.05. The van der Waals surface area contributed by atoms with Crippen LogP contribution in [-0.4, -0.2) is 35.3 Å². The molecule has 30 heavy (non-hydrogen) atoms. The summed E-state index contributed by atoms with van der Waals surface area (Å²) >= 11 is 1.65. The van der Waals surface area contributed by atoms with E-state index >= 15 is 0 Å². The number of amides is 1. The lowest BCUT2D eigenvalue weighted by Gasteiger charge is -2.26. The lowest BCUT2D eigenvalue weighted by Crippen LogP contribution is -2.42. The molecule has 0 atom stereocenters. The topological polar surface area (TPSA) is 105 Å². The van der Waals surface area contributed by atoms with E-state index in [2.05, 4.69) is 15.5 Å². The highest BCUT2D eigenvalue weighted by Gasteiger charge is 2.31. The molecule has 3 heterocycles. The van der Waals surface area contributed by atoms with E-state index < -0.39 is 21.5 Å². The van der Waals surface area contributed by atoms with Gasteiger partial charge in [0.2, 0.25) is 15.9 Å².